The number of carbonyl (C=O) groups excluding carboxylic acids is 3. The van der Waals surface area contributed by atoms with Crippen LogP contribution in [0.25, 0.3) is 0 Å². The molecule has 0 radical (unpaired) electrons. The van der Waals surface area contributed by atoms with E-state index in [-0.39, 0.29) is 22.7 Å². The van der Waals surface area contributed by atoms with E-state index >= 15 is 0 Å². The number of benzene rings is 1. The average molecular weight is 350 g/mol. The second kappa shape index (κ2) is 9.47. The van der Waals surface area contributed by atoms with Crippen LogP contribution in [0.4, 0.5) is 0 Å². The molecule has 2 atom stereocenters. The molecular formula is C18H26N2O3S. The minimum absolute atomic E-state index is 0.0526. The van der Waals surface area contributed by atoms with Crippen molar-refractivity contribution >= 4 is 28.7 Å². The van der Waals surface area contributed by atoms with Crippen LogP contribution in [0.15, 0.2) is 24.3 Å². The summed E-state index contributed by atoms with van der Waals surface area (Å²) in [6.07, 6.45) is 1.01. The van der Waals surface area contributed by atoms with Crippen molar-refractivity contribution in [2.45, 2.75) is 46.1 Å². The molecule has 2 amide bonds. The normalized spacial score (nSPS) is 13.4. The van der Waals surface area contributed by atoms with Crippen LogP contribution in [0.1, 0.15) is 44.7 Å². The van der Waals surface area contributed by atoms with E-state index in [9.17, 15) is 14.4 Å². The summed E-state index contributed by atoms with van der Waals surface area (Å²) in [6, 6.07) is 7.21. The van der Waals surface area contributed by atoms with Crippen LogP contribution < -0.4 is 11.1 Å². The lowest BCUT2D eigenvalue weighted by Gasteiger charge is -2.15. The van der Waals surface area contributed by atoms with Crippen molar-refractivity contribution < 1.29 is 14.4 Å². The zero-order valence-corrected chi connectivity index (χ0v) is 15.5. The molecular weight excluding hydrogens is 324 g/mol. The van der Waals surface area contributed by atoms with Crippen LogP contribution in [0.3, 0.4) is 0 Å². The summed E-state index contributed by atoms with van der Waals surface area (Å²) >= 11 is 1.02. The standard InChI is InChI=1S/C18H26N2O3S/c1-11(2)9-14-5-7-15(8-6-14)12(3)18(23)24-10-16(17(19)22)20-13(4)21/h5-8,11-12,16H,9-10H2,1-4H3,(H2,19,22)(H,20,21). The predicted octanol–water partition coefficient (Wildman–Crippen LogP) is 2.24. The summed E-state index contributed by atoms with van der Waals surface area (Å²) in [6.45, 7) is 7.48. The van der Waals surface area contributed by atoms with Crippen LogP contribution in [-0.2, 0) is 20.8 Å². The molecule has 0 aliphatic rings. The Hall–Kier alpha value is -1.82. The maximum absolute atomic E-state index is 12.3. The van der Waals surface area contributed by atoms with Crippen molar-refractivity contribution in [2.24, 2.45) is 11.7 Å². The Labute approximate surface area is 147 Å². The molecule has 0 heterocycles. The molecule has 0 fully saturated rings. The van der Waals surface area contributed by atoms with Gasteiger partial charge in [0.1, 0.15) is 6.04 Å². The first-order valence-corrected chi connectivity index (χ1v) is 9.01. The minimum atomic E-state index is -0.836. The van der Waals surface area contributed by atoms with Gasteiger partial charge in [0.2, 0.25) is 11.8 Å². The van der Waals surface area contributed by atoms with Crippen LogP contribution in [0, 0.1) is 5.92 Å². The minimum Gasteiger partial charge on any atom is -0.368 e. The third-order valence-electron chi connectivity index (χ3n) is 3.59. The number of hydrogen-bond acceptors (Lipinski definition) is 4. The van der Waals surface area contributed by atoms with E-state index in [1.54, 1.807) is 0 Å². The molecule has 0 bridgehead atoms. The van der Waals surface area contributed by atoms with Gasteiger partial charge in [-0.15, -0.1) is 0 Å². The molecule has 3 N–H and O–H groups in total. The van der Waals surface area contributed by atoms with Crippen LogP contribution in [0.2, 0.25) is 0 Å². The van der Waals surface area contributed by atoms with Crippen LogP contribution in [-0.4, -0.2) is 28.7 Å². The Morgan fingerprint density at radius 1 is 1.12 bits per heavy atom. The topological polar surface area (TPSA) is 89.3 Å². The summed E-state index contributed by atoms with van der Waals surface area (Å²) in [4.78, 5) is 34.7. The van der Waals surface area contributed by atoms with Crippen molar-refractivity contribution in [3.63, 3.8) is 0 Å². The maximum atomic E-state index is 12.3. The van der Waals surface area contributed by atoms with Crippen molar-refractivity contribution in [2.75, 3.05) is 5.75 Å². The quantitative estimate of drug-likeness (QED) is 0.752. The molecule has 2 unspecified atom stereocenters. The lowest BCUT2D eigenvalue weighted by Crippen LogP contribution is -2.45. The fraction of sp³-hybridized carbons (Fsp3) is 0.500. The summed E-state index contributed by atoms with van der Waals surface area (Å²) in [5, 5.41) is 2.40. The molecule has 0 aliphatic carbocycles. The fourth-order valence-electron chi connectivity index (χ4n) is 2.28. The zero-order valence-electron chi connectivity index (χ0n) is 14.7. The van der Waals surface area contributed by atoms with Crippen molar-refractivity contribution in [3.8, 4) is 0 Å². The van der Waals surface area contributed by atoms with Gasteiger partial charge < -0.3 is 11.1 Å². The molecule has 0 spiro atoms. The predicted molar refractivity (Wildman–Crippen MR) is 97.7 cm³/mol. The van der Waals surface area contributed by atoms with Gasteiger partial charge in [-0.1, -0.05) is 56.8 Å². The maximum Gasteiger partial charge on any atom is 0.240 e. The van der Waals surface area contributed by atoms with Crippen LogP contribution in [0.5, 0.6) is 0 Å². The highest BCUT2D eigenvalue weighted by molar-refractivity contribution is 8.13. The number of nitrogens with two attached hydrogens (primary N) is 1. The second-order valence-corrected chi connectivity index (χ2v) is 7.37. The Morgan fingerprint density at radius 2 is 1.71 bits per heavy atom. The monoisotopic (exact) mass is 350 g/mol. The van der Waals surface area contributed by atoms with Gasteiger partial charge >= 0.3 is 0 Å². The lowest BCUT2D eigenvalue weighted by atomic mass is 9.97. The summed E-state index contributed by atoms with van der Waals surface area (Å²) in [5.74, 6) is -0.542. The van der Waals surface area contributed by atoms with Crippen molar-refractivity contribution in [1.29, 1.82) is 0 Å². The highest BCUT2D eigenvalue weighted by Gasteiger charge is 2.21. The van der Waals surface area contributed by atoms with Gasteiger partial charge in [-0.25, -0.2) is 0 Å². The SMILES string of the molecule is CC(=O)NC(CSC(=O)C(C)c1ccc(CC(C)C)cc1)C(N)=O. The summed E-state index contributed by atoms with van der Waals surface area (Å²) in [5.41, 5.74) is 7.43. The molecule has 1 aromatic carbocycles. The smallest absolute Gasteiger partial charge is 0.240 e. The number of carbonyl (C=O) groups is 3. The number of nitrogens with one attached hydrogen (secondary N) is 1. The molecule has 0 saturated heterocycles. The number of primary amides is 1. The zero-order chi connectivity index (χ0) is 18.3. The van der Waals surface area contributed by atoms with E-state index in [2.05, 4.69) is 19.2 Å². The third kappa shape index (κ3) is 6.74. The van der Waals surface area contributed by atoms with Crippen LogP contribution >= 0.6 is 11.8 Å². The Balaban J connectivity index is 2.63. The molecule has 0 saturated carbocycles. The average Bonchev–Trinajstić information content (AvgIpc) is 2.50. The first kappa shape index (κ1) is 20.2. The Kier molecular flexibility index (Phi) is 7.98. The summed E-state index contributed by atoms with van der Waals surface area (Å²) in [7, 11) is 0. The first-order chi connectivity index (χ1) is 11.2. The Morgan fingerprint density at radius 3 is 2.17 bits per heavy atom. The van der Waals surface area contributed by atoms with Gasteiger partial charge in [0.15, 0.2) is 5.12 Å². The number of rotatable bonds is 8. The molecule has 5 nitrogen and oxygen atoms in total. The van der Waals surface area contributed by atoms with Gasteiger partial charge in [-0.3, -0.25) is 14.4 Å². The van der Waals surface area contributed by atoms with E-state index in [0.29, 0.717) is 5.92 Å². The van der Waals surface area contributed by atoms with E-state index < -0.39 is 11.9 Å². The number of hydrogen-bond donors (Lipinski definition) is 2. The van der Waals surface area contributed by atoms with Gasteiger partial charge in [-0.2, -0.15) is 0 Å². The van der Waals surface area contributed by atoms with E-state index in [4.69, 9.17) is 5.73 Å². The molecule has 0 aromatic heterocycles. The molecule has 132 valence electrons. The largest absolute Gasteiger partial charge is 0.368 e. The van der Waals surface area contributed by atoms with Gasteiger partial charge in [-0.05, 0) is 23.5 Å². The lowest BCUT2D eigenvalue weighted by molar-refractivity contribution is -0.125. The second-order valence-electron chi connectivity index (χ2n) is 6.35. The van der Waals surface area contributed by atoms with E-state index in [1.165, 1.54) is 12.5 Å². The molecule has 1 aromatic rings. The van der Waals surface area contributed by atoms with Gasteiger partial charge in [0.05, 0.1) is 5.92 Å². The number of thioether (sulfide) groups is 1. The molecule has 1 rings (SSSR count). The van der Waals surface area contributed by atoms with E-state index in [0.717, 1.165) is 23.7 Å². The molecule has 0 aliphatic heterocycles. The van der Waals surface area contributed by atoms with Crippen molar-refractivity contribution in [3.05, 3.63) is 35.4 Å². The van der Waals surface area contributed by atoms with E-state index in [1.807, 2.05) is 31.2 Å². The van der Waals surface area contributed by atoms with Crippen molar-refractivity contribution in [1.82, 2.24) is 5.32 Å². The fourth-order valence-corrected chi connectivity index (χ4v) is 3.25. The van der Waals surface area contributed by atoms with Gasteiger partial charge in [0.25, 0.3) is 0 Å². The highest BCUT2D eigenvalue weighted by Crippen LogP contribution is 2.23. The molecule has 24 heavy (non-hydrogen) atoms. The first-order valence-electron chi connectivity index (χ1n) is 8.02. The number of amides is 2. The van der Waals surface area contributed by atoms with Gasteiger partial charge in [0, 0.05) is 12.7 Å². The molecule has 6 heteroatoms. The summed E-state index contributed by atoms with van der Waals surface area (Å²) < 4.78 is 0. The highest BCUT2D eigenvalue weighted by atomic mass is 32.2. The Bertz CT molecular complexity index is 584. The third-order valence-corrected chi connectivity index (χ3v) is 4.73.